The van der Waals surface area contributed by atoms with Crippen molar-refractivity contribution in [2.24, 2.45) is 0 Å². The predicted molar refractivity (Wildman–Crippen MR) is 101 cm³/mol. The van der Waals surface area contributed by atoms with Crippen LogP contribution < -0.4 is 5.32 Å². The first kappa shape index (κ1) is 19.7. The largest absolute Gasteiger partial charge is 0.346 e. The van der Waals surface area contributed by atoms with E-state index in [1.807, 2.05) is 45.9 Å². The number of aryl methyl sites for hydroxylation is 2. The van der Waals surface area contributed by atoms with Gasteiger partial charge >= 0.3 is 11.8 Å². The Morgan fingerprint density at radius 3 is 2.23 bits per heavy atom. The molecule has 2 rings (SSSR count). The minimum Gasteiger partial charge on any atom is -0.346 e. The second-order valence-electron chi connectivity index (χ2n) is 6.94. The average molecular weight is 357 g/mol. The molecule has 1 aromatic rings. The topological polar surface area (TPSA) is 69.7 Å². The molecule has 1 fully saturated rings. The summed E-state index contributed by atoms with van der Waals surface area (Å²) in [5, 5.41) is 2.60. The normalized spacial score (nSPS) is 14.8. The summed E-state index contributed by atoms with van der Waals surface area (Å²) in [7, 11) is 0. The Hall–Kier alpha value is -2.63. The summed E-state index contributed by atoms with van der Waals surface area (Å²) in [6.07, 6.45) is 3.39. The Morgan fingerprint density at radius 2 is 1.65 bits per heavy atom. The minimum absolute atomic E-state index is 0.0790. The average Bonchev–Trinajstić information content (AvgIpc) is 2.59. The van der Waals surface area contributed by atoms with Crippen LogP contribution in [0.2, 0.25) is 0 Å². The van der Waals surface area contributed by atoms with Crippen LogP contribution in [0, 0.1) is 13.8 Å². The van der Waals surface area contributed by atoms with E-state index in [0.29, 0.717) is 26.2 Å². The van der Waals surface area contributed by atoms with E-state index in [1.54, 1.807) is 11.0 Å². The lowest BCUT2D eigenvalue weighted by Gasteiger charge is -2.34. The number of carbonyl (C=O) groups is 3. The van der Waals surface area contributed by atoms with Crippen molar-refractivity contribution in [1.82, 2.24) is 15.1 Å². The van der Waals surface area contributed by atoms with Gasteiger partial charge < -0.3 is 15.1 Å². The molecule has 1 N–H and O–H groups in total. The van der Waals surface area contributed by atoms with Crippen LogP contribution in [-0.2, 0) is 14.4 Å². The van der Waals surface area contributed by atoms with E-state index in [4.69, 9.17) is 0 Å². The van der Waals surface area contributed by atoms with Gasteiger partial charge in [0.15, 0.2) is 0 Å². The summed E-state index contributed by atoms with van der Waals surface area (Å²) in [6, 6.07) is 6.02. The third-order valence-corrected chi connectivity index (χ3v) is 4.32. The first-order valence-electron chi connectivity index (χ1n) is 8.92. The standard InChI is InChI=1S/C20H27N3O3/c1-14(2)21-19(25)20(26)23-11-9-22(10-12-23)18(24)8-7-17-6-5-15(3)13-16(17)4/h5-8,13-14H,9-12H2,1-4H3,(H,21,25)/b8-7+. The highest BCUT2D eigenvalue weighted by Gasteiger charge is 2.27. The zero-order chi connectivity index (χ0) is 19.3. The minimum atomic E-state index is -0.588. The monoisotopic (exact) mass is 357 g/mol. The maximum absolute atomic E-state index is 12.4. The van der Waals surface area contributed by atoms with E-state index in [0.717, 1.165) is 11.1 Å². The van der Waals surface area contributed by atoms with Crippen molar-refractivity contribution in [3.8, 4) is 0 Å². The van der Waals surface area contributed by atoms with Crippen molar-refractivity contribution in [2.75, 3.05) is 26.2 Å². The van der Waals surface area contributed by atoms with Gasteiger partial charge in [-0.3, -0.25) is 14.4 Å². The molecule has 140 valence electrons. The van der Waals surface area contributed by atoms with Crippen LogP contribution in [0.1, 0.15) is 30.5 Å². The lowest BCUT2D eigenvalue weighted by Crippen LogP contribution is -2.54. The van der Waals surface area contributed by atoms with E-state index < -0.39 is 11.8 Å². The summed E-state index contributed by atoms with van der Waals surface area (Å²) in [5.74, 6) is -1.20. The molecule has 0 aromatic heterocycles. The quantitative estimate of drug-likeness (QED) is 0.659. The summed E-state index contributed by atoms with van der Waals surface area (Å²) < 4.78 is 0. The highest BCUT2D eigenvalue weighted by atomic mass is 16.2. The number of nitrogens with zero attached hydrogens (tertiary/aromatic N) is 2. The fraction of sp³-hybridized carbons (Fsp3) is 0.450. The molecule has 1 aromatic carbocycles. The first-order chi connectivity index (χ1) is 12.3. The zero-order valence-corrected chi connectivity index (χ0v) is 15.9. The fourth-order valence-corrected chi connectivity index (χ4v) is 2.88. The predicted octanol–water partition coefficient (Wildman–Crippen LogP) is 1.51. The van der Waals surface area contributed by atoms with Crippen LogP contribution in [-0.4, -0.2) is 59.7 Å². The number of nitrogens with one attached hydrogen (secondary N) is 1. The van der Waals surface area contributed by atoms with Crippen molar-refractivity contribution in [3.63, 3.8) is 0 Å². The van der Waals surface area contributed by atoms with Crippen molar-refractivity contribution in [1.29, 1.82) is 0 Å². The maximum atomic E-state index is 12.4. The Morgan fingerprint density at radius 1 is 1.04 bits per heavy atom. The highest BCUT2D eigenvalue weighted by Crippen LogP contribution is 2.13. The number of amides is 3. The highest BCUT2D eigenvalue weighted by molar-refractivity contribution is 6.35. The number of carbonyl (C=O) groups excluding carboxylic acids is 3. The van der Waals surface area contributed by atoms with Gasteiger partial charge in [-0.25, -0.2) is 0 Å². The number of benzene rings is 1. The van der Waals surface area contributed by atoms with Crippen LogP contribution in [0.15, 0.2) is 24.3 Å². The lowest BCUT2D eigenvalue weighted by atomic mass is 10.1. The van der Waals surface area contributed by atoms with Crippen LogP contribution in [0.5, 0.6) is 0 Å². The second-order valence-corrected chi connectivity index (χ2v) is 6.94. The molecule has 3 amide bonds. The van der Waals surface area contributed by atoms with Gasteiger partial charge in [-0.15, -0.1) is 0 Å². The summed E-state index contributed by atoms with van der Waals surface area (Å²) in [6.45, 7) is 9.26. The van der Waals surface area contributed by atoms with Gasteiger partial charge in [0.05, 0.1) is 0 Å². The smallest absolute Gasteiger partial charge is 0.312 e. The van der Waals surface area contributed by atoms with Gasteiger partial charge in [0.2, 0.25) is 5.91 Å². The molecular weight excluding hydrogens is 330 g/mol. The van der Waals surface area contributed by atoms with Gasteiger partial charge in [-0.2, -0.15) is 0 Å². The first-order valence-corrected chi connectivity index (χ1v) is 8.92. The molecule has 0 spiro atoms. The molecule has 6 heteroatoms. The molecule has 0 atom stereocenters. The van der Waals surface area contributed by atoms with Crippen molar-refractivity contribution in [2.45, 2.75) is 33.7 Å². The molecular formula is C20H27N3O3. The van der Waals surface area contributed by atoms with E-state index in [-0.39, 0.29) is 11.9 Å². The summed E-state index contributed by atoms with van der Waals surface area (Å²) >= 11 is 0. The van der Waals surface area contributed by atoms with Crippen molar-refractivity contribution < 1.29 is 14.4 Å². The molecule has 1 aliphatic heterocycles. The van der Waals surface area contributed by atoms with E-state index in [9.17, 15) is 14.4 Å². The van der Waals surface area contributed by atoms with E-state index in [2.05, 4.69) is 11.4 Å². The molecule has 0 aliphatic carbocycles. The Labute approximate surface area is 154 Å². The van der Waals surface area contributed by atoms with Crippen LogP contribution in [0.4, 0.5) is 0 Å². The van der Waals surface area contributed by atoms with Gasteiger partial charge in [-0.1, -0.05) is 23.8 Å². The second kappa shape index (κ2) is 8.65. The summed E-state index contributed by atoms with van der Waals surface area (Å²) in [4.78, 5) is 39.4. The number of hydrogen-bond donors (Lipinski definition) is 1. The molecule has 1 heterocycles. The molecule has 26 heavy (non-hydrogen) atoms. The Kier molecular flexibility index (Phi) is 6.55. The van der Waals surface area contributed by atoms with Crippen molar-refractivity contribution in [3.05, 3.63) is 41.0 Å². The number of piperazine rings is 1. The molecule has 0 bridgehead atoms. The fourth-order valence-electron chi connectivity index (χ4n) is 2.88. The SMILES string of the molecule is Cc1ccc(/C=C/C(=O)N2CCN(C(=O)C(=O)NC(C)C)CC2)c(C)c1. The third kappa shape index (κ3) is 5.18. The zero-order valence-electron chi connectivity index (χ0n) is 15.9. The molecule has 6 nitrogen and oxygen atoms in total. The van der Waals surface area contributed by atoms with Gasteiger partial charge in [-0.05, 0) is 44.9 Å². The molecule has 0 unspecified atom stereocenters. The van der Waals surface area contributed by atoms with Gasteiger partial charge in [0.1, 0.15) is 0 Å². The van der Waals surface area contributed by atoms with Crippen LogP contribution in [0.3, 0.4) is 0 Å². The van der Waals surface area contributed by atoms with Gasteiger partial charge in [0.25, 0.3) is 0 Å². The lowest BCUT2D eigenvalue weighted by molar-refractivity contribution is -0.148. The molecule has 1 aliphatic rings. The van der Waals surface area contributed by atoms with E-state index >= 15 is 0 Å². The Balaban J connectivity index is 1.89. The third-order valence-electron chi connectivity index (χ3n) is 4.32. The summed E-state index contributed by atoms with van der Waals surface area (Å²) in [5.41, 5.74) is 3.33. The molecule has 0 radical (unpaired) electrons. The van der Waals surface area contributed by atoms with Crippen molar-refractivity contribution >= 4 is 23.8 Å². The Bertz CT molecular complexity index is 717. The van der Waals surface area contributed by atoms with Crippen LogP contribution in [0.25, 0.3) is 6.08 Å². The number of hydrogen-bond acceptors (Lipinski definition) is 3. The van der Waals surface area contributed by atoms with Crippen LogP contribution >= 0.6 is 0 Å². The maximum Gasteiger partial charge on any atom is 0.312 e. The molecule has 0 saturated carbocycles. The number of rotatable bonds is 3. The van der Waals surface area contributed by atoms with E-state index in [1.165, 1.54) is 10.5 Å². The van der Waals surface area contributed by atoms with Gasteiger partial charge in [0, 0.05) is 38.3 Å². The molecule has 1 saturated heterocycles.